The number of carbonyl (C=O) groups excluding carboxylic acids is 2. The summed E-state index contributed by atoms with van der Waals surface area (Å²) in [5, 5.41) is 0. The zero-order valence-corrected chi connectivity index (χ0v) is 13.1. The molecule has 1 heterocycles. The van der Waals surface area contributed by atoms with Gasteiger partial charge in [0.05, 0.1) is 0 Å². The first-order valence-electron chi connectivity index (χ1n) is 7.60. The standard InChI is InChI=1S/C18H16F3NO2/c1-12-3-2-4-13-11-22(16(24)18(19,20)21)10-9-17(15(12)13)7-5-14(23)6-8-17/h2-8H,9-11H2,1H3. The number of ketones is 1. The summed E-state index contributed by atoms with van der Waals surface area (Å²) in [5.41, 5.74) is 1.82. The van der Waals surface area contributed by atoms with Crippen LogP contribution in [0.25, 0.3) is 0 Å². The summed E-state index contributed by atoms with van der Waals surface area (Å²) in [6, 6.07) is 5.40. The molecular weight excluding hydrogens is 319 g/mol. The molecule has 0 saturated carbocycles. The second-order valence-corrected chi connectivity index (χ2v) is 6.19. The molecule has 0 fully saturated rings. The van der Waals surface area contributed by atoms with E-state index in [4.69, 9.17) is 0 Å². The average molecular weight is 335 g/mol. The summed E-state index contributed by atoms with van der Waals surface area (Å²) in [7, 11) is 0. The minimum atomic E-state index is -4.89. The van der Waals surface area contributed by atoms with Crippen LogP contribution in [0.3, 0.4) is 0 Å². The Morgan fingerprint density at radius 3 is 2.50 bits per heavy atom. The van der Waals surface area contributed by atoms with E-state index in [1.165, 1.54) is 12.2 Å². The number of benzene rings is 1. The summed E-state index contributed by atoms with van der Waals surface area (Å²) in [4.78, 5) is 24.0. The maximum atomic E-state index is 12.8. The summed E-state index contributed by atoms with van der Waals surface area (Å²) in [6.07, 6.45) is 1.77. The van der Waals surface area contributed by atoms with Gasteiger partial charge in [-0.2, -0.15) is 13.2 Å². The van der Waals surface area contributed by atoms with Crippen LogP contribution in [-0.2, 0) is 21.5 Å². The zero-order chi connectivity index (χ0) is 17.5. The van der Waals surface area contributed by atoms with Gasteiger partial charge in [0.2, 0.25) is 0 Å². The van der Waals surface area contributed by atoms with Crippen molar-refractivity contribution in [2.45, 2.75) is 31.5 Å². The normalized spacial score (nSPS) is 19.3. The zero-order valence-electron chi connectivity index (χ0n) is 13.1. The molecule has 1 aliphatic carbocycles. The molecule has 126 valence electrons. The van der Waals surface area contributed by atoms with Gasteiger partial charge in [-0.15, -0.1) is 0 Å². The minimum Gasteiger partial charge on any atom is -0.330 e. The predicted octanol–water partition coefficient (Wildman–Crippen LogP) is 3.22. The number of amides is 1. The topological polar surface area (TPSA) is 37.4 Å². The third kappa shape index (κ3) is 2.77. The Balaban J connectivity index is 2.09. The number of nitrogens with zero attached hydrogens (tertiary/aromatic N) is 1. The number of allylic oxidation sites excluding steroid dienone is 4. The number of rotatable bonds is 0. The number of hydrogen-bond acceptors (Lipinski definition) is 2. The minimum absolute atomic E-state index is 0.0324. The highest BCUT2D eigenvalue weighted by Gasteiger charge is 2.45. The van der Waals surface area contributed by atoms with Crippen LogP contribution in [0.5, 0.6) is 0 Å². The Hall–Kier alpha value is -2.37. The van der Waals surface area contributed by atoms with E-state index in [1.54, 1.807) is 24.3 Å². The van der Waals surface area contributed by atoms with Gasteiger partial charge in [-0.05, 0) is 42.2 Å². The van der Waals surface area contributed by atoms with Crippen molar-refractivity contribution in [1.29, 1.82) is 0 Å². The van der Waals surface area contributed by atoms with Crippen LogP contribution in [0.15, 0.2) is 42.5 Å². The van der Waals surface area contributed by atoms with E-state index >= 15 is 0 Å². The number of fused-ring (bicyclic) bond motifs is 2. The third-order valence-electron chi connectivity index (χ3n) is 4.60. The lowest BCUT2D eigenvalue weighted by Gasteiger charge is -2.31. The van der Waals surface area contributed by atoms with Gasteiger partial charge in [0, 0.05) is 18.5 Å². The maximum Gasteiger partial charge on any atom is 0.471 e. The molecule has 0 saturated heterocycles. The lowest BCUT2D eigenvalue weighted by atomic mass is 9.72. The molecule has 6 heteroatoms. The van der Waals surface area contributed by atoms with Gasteiger partial charge in [0.15, 0.2) is 5.78 Å². The van der Waals surface area contributed by atoms with E-state index in [9.17, 15) is 22.8 Å². The van der Waals surface area contributed by atoms with Crippen molar-refractivity contribution in [3.8, 4) is 0 Å². The Labute approximate surface area is 137 Å². The quantitative estimate of drug-likeness (QED) is 0.730. The van der Waals surface area contributed by atoms with Gasteiger partial charge in [0.1, 0.15) is 0 Å². The first-order chi connectivity index (χ1) is 11.2. The number of halogens is 3. The van der Waals surface area contributed by atoms with Gasteiger partial charge in [-0.3, -0.25) is 9.59 Å². The van der Waals surface area contributed by atoms with Gasteiger partial charge >= 0.3 is 12.1 Å². The van der Waals surface area contributed by atoms with E-state index in [0.717, 1.165) is 16.0 Å². The lowest BCUT2D eigenvalue weighted by molar-refractivity contribution is -0.186. The SMILES string of the molecule is Cc1cccc2c1C1(C=CC(=O)C=C1)CCN(C(=O)C(F)(F)F)C2. The van der Waals surface area contributed by atoms with Crippen LogP contribution in [0.1, 0.15) is 23.1 Å². The first kappa shape index (κ1) is 16.5. The lowest BCUT2D eigenvalue weighted by Crippen LogP contribution is -2.41. The Morgan fingerprint density at radius 2 is 1.88 bits per heavy atom. The van der Waals surface area contributed by atoms with E-state index in [0.29, 0.717) is 12.0 Å². The van der Waals surface area contributed by atoms with Crippen molar-refractivity contribution in [2.75, 3.05) is 6.54 Å². The molecule has 0 N–H and O–H groups in total. The molecule has 0 bridgehead atoms. The summed E-state index contributed by atoms with van der Waals surface area (Å²) < 4.78 is 38.5. The van der Waals surface area contributed by atoms with E-state index in [2.05, 4.69) is 0 Å². The van der Waals surface area contributed by atoms with Crippen LogP contribution < -0.4 is 0 Å². The molecule has 0 radical (unpaired) electrons. The molecule has 1 aliphatic heterocycles. The van der Waals surface area contributed by atoms with Crippen LogP contribution in [0.4, 0.5) is 13.2 Å². The Morgan fingerprint density at radius 1 is 1.21 bits per heavy atom. The van der Waals surface area contributed by atoms with Crippen molar-refractivity contribution in [1.82, 2.24) is 4.90 Å². The van der Waals surface area contributed by atoms with Crippen molar-refractivity contribution < 1.29 is 22.8 Å². The fourth-order valence-electron chi connectivity index (χ4n) is 3.51. The van der Waals surface area contributed by atoms with Crippen molar-refractivity contribution >= 4 is 11.7 Å². The highest BCUT2D eigenvalue weighted by atomic mass is 19.4. The molecule has 2 aliphatic rings. The molecule has 1 amide bonds. The second-order valence-electron chi connectivity index (χ2n) is 6.19. The molecule has 1 spiro atoms. The largest absolute Gasteiger partial charge is 0.471 e. The Kier molecular flexibility index (Phi) is 3.86. The molecule has 0 aromatic heterocycles. The van der Waals surface area contributed by atoms with Crippen molar-refractivity contribution in [3.63, 3.8) is 0 Å². The summed E-state index contributed by atoms with van der Waals surface area (Å²) in [5.74, 6) is -1.98. The molecule has 1 aromatic carbocycles. The Bertz CT molecular complexity index is 746. The van der Waals surface area contributed by atoms with Gasteiger partial charge < -0.3 is 4.90 Å². The number of aryl methyl sites for hydroxylation is 1. The molecular formula is C18H16F3NO2. The van der Waals surface area contributed by atoms with Gasteiger partial charge in [-0.25, -0.2) is 0 Å². The van der Waals surface area contributed by atoms with E-state index in [-0.39, 0.29) is 18.9 Å². The fraction of sp³-hybridized carbons (Fsp3) is 0.333. The predicted molar refractivity (Wildman–Crippen MR) is 82.2 cm³/mol. The maximum absolute atomic E-state index is 12.8. The summed E-state index contributed by atoms with van der Waals surface area (Å²) in [6.45, 7) is 1.77. The highest BCUT2D eigenvalue weighted by molar-refractivity contribution is 6.00. The third-order valence-corrected chi connectivity index (χ3v) is 4.60. The molecule has 0 atom stereocenters. The summed E-state index contributed by atoms with van der Waals surface area (Å²) >= 11 is 0. The van der Waals surface area contributed by atoms with Crippen molar-refractivity contribution in [2.24, 2.45) is 0 Å². The van der Waals surface area contributed by atoms with E-state index in [1.807, 2.05) is 13.0 Å². The smallest absolute Gasteiger partial charge is 0.330 e. The molecule has 0 unspecified atom stereocenters. The van der Waals surface area contributed by atoms with Crippen LogP contribution >= 0.6 is 0 Å². The van der Waals surface area contributed by atoms with E-state index < -0.39 is 17.5 Å². The van der Waals surface area contributed by atoms with Crippen LogP contribution in [0.2, 0.25) is 0 Å². The number of carbonyl (C=O) groups is 2. The highest BCUT2D eigenvalue weighted by Crippen LogP contribution is 2.41. The first-order valence-corrected chi connectivity index (χ1v) is 7.60. The number of hydrogen-bond donors (Lipinski definition) is 0. The monoisotopic (exact) mass is 335 g/mol. The van der Waals surface area contributed by atoms with Crippen LogP contribution in [-0.4, -0.2) is 29.3 Å². The molecule has 1 aromatic rings. The van der Waals surface area contributed by atoms with Crippen LogP contribution in [0, 0.1) is 6.92 Å². The second kappa shape index (κ2) is 5.61. The molecule has 24 heavy (non-hydrogen) atoms. The van der Waals surface area contributed by atoms with Gasteiger partial charge in [0.25, 0.3) is 0 Å². The van der Waals surface area contributed by atoms with Crippen molar-refractivity contribution in [3.05, 3.63) is 59.2 Å². The molecule has 3 rings (SSSR count). The number of alkyl halides is 3. The molecule has 3 nitrogen and oxygen atoms in total. The fourth-order valence-corrected chi connectivity index (χ4v) is 3.51. The average Bonchev–Trinajstić information content (AvgIpc) is 2.67. The van der Waals surface area contributed by atoms with Gasteiger partial charge in [-0.1, -0.05) is 30.4 Å².